The second-order valence-electron chi connectivity index (χ2n) is 3.38. The Morgan fingerprint density at radius 3 is 3.08 bits per heavy atom. The molecule has 1 N–H and O–H groups in total. The zero-order valence-electron chi connectivity index (χ0n) is 7.40. The molecule has 1 aliphatic rings. The van der Waals surface area contributed by atoms with Crippen LogP contribution in [0.2, 0.25) is 5.02 Å². The molecule has 1 heterocycles. The average molecular weight is 261 g/mol. The van der Waals surface area contributed by atoms with Gasteiger partial charge in [-0.15, -0.1) is 0 Å². The summed E-state index contributed by atoms with van der Waals surface area (Å²) < 4.78 is 1.06. The minimum Gasteiger partial charge on any atom is -0.310 e. The predicted molar refractivity (Wildman–Crippen MR) is 59.3 cm³/mol. The van der Waals surface area contributed by atoms with Crippen LogP contribution in [0.1, 0.15) is 24.1 Å². The minimum atomic E-state index is 0.416. The van der Waals surface area contributed by atoms with Crippen LogP contribution in [-0.4, -0.2) is 6.54 Å². The smallest absolute Gasteiger partial charge is 0.0453 e. The molecule has 70 valence electrons. The summed E-state index contributed by atoms with van der Waals surface area (Å²) >= 11 is 9.61. The molecule has 0 saturated heterocycles. The molecule has 1 unspecified atom stereocenters. The van der Waals surface area contributed by atoms with Gasteiger partial charge in [-0.2, -0.15) is 0 Å². The molecule has 0 fully saturated rings. The number of nitrogens with one attached hydrogen (secondary N) is 1. The lowest BCUT2D eigenvalue weighted by Crippen LogP contribution is -2.27. The first-order valence-electron chi connectivity index (χ1n) is 4.39. The van der Waals surface area contributed by atoms with Crippen LogP contribution in [0.5, 0.6) is 0 Å². The number of hydrogen-bond donors (Lipinski definition) is 1. The van der Waals surface area contributed by atoms with Crippen LogP contribution in [0, 0.1) is 0 Å². The molecule has 0 bridgehead atoms. The van der Waals surface area contributed by atoms with E-state index in [1.807, 2.05) is 6.07 Å². The molecule has 3 heteroatoms. The van der Waals surface area contributed by atoms with Crippen molar-refractivity contribution < 1.29 is 0 Å². The van der Waals surface area contributed by atoms with Crippen LogP contribution in [0.25, 0.3) is 0 Å². The second-order valence-corrected chi connectivity index (χ2v) is 4.70. The highest BCUT2D eigenvalue weighted by Crippen LogP contribution is 2.31. The van der Waals surface area contributed by atoms with Crippen molar-refractivity contribution in [3.63, 3.8) is 0 Å². The van der Waals surface area contributed by atoms with Crippen LogP contribution in [-0.2, 0) is 6.42 Å². The molecule has 0 radical (unpaired) electrons. The molecule has 2 rings (SSSR count). The Labute approximate surface area is 91.6 Å². The number of halogens is 2. The second kappa shape index (κ2) is 3.60. The third-order valence-corrected chi connectivity index (χ3v) is 3.28. The fraction of sp³-hybridized carbons (Fsp3) is 0.400. The molecule has 0 aliphatic carbocycles. The fourth-order valence-corrected chi connectivity index (χ4v) is 2.73. The molecule has 1 nitrogen and oxygen atoms in total. The third kappa shape index (κ3) is 1.76. The molecular formula is C10H11BrClN. The summed E-state index contributed by atoms with van der Waals surface area (Å²) in [6.07, 6.45) is 1.03. The van der Waals surface area contributed by atoms with Gasteiger partial charge < -0.3 is 5.32 Å². The lowest BCUT2D eigenvalue weighted by atomic mass is 9.95. The van der Waals surface area contributed by atoms with Gasteiger partial charge in [0.2, 0.25) is 0 Å². The van der Waals surface area contributed by atoms with Gasteiger partial charge in [-0.25, -0.2) is 0 Å². The number of rotatable bonds is 0. The van der Waals surface area contributed by atoms with Crippen molar-refractivity contribution in [1.29, 1.82) is 0 Å². The molecule has 1 aromatic rings. The minimum absolute atomic E-state index is 0.416. The maximum absolute atomic E-state index is 6.15. The first kappa shape index (κ1) is 9.50. The van der Waals surface area contributed by atoms with E-state index in [4.69, 9.17) is 11.6 Å². The lowest BCUT2D eigenvalue weighted by molar-refractivity contribution is 0.541. The Bertz CT molecular complexity index is 338. The standard InChI is InChI=1S/C10H11BrClN/c1-6-9-4-7(11)5-10(12)8(9)2-3-13-6/h4-6,13H,2-3H2,1H3. The van der Waals surface area contributed by atoms with Crippen molar-refractivity contribution in [2.75, 3.05) is 6.54 Å². The molecule has 1 aliphatic heterocycles. The van der Waals surface area contributed by atoms with Crippen LogP contribution >= 0.6 is 27.5 Å². The summed E-state index contributed by atoms with van der Waals surface area (Å²) in [6.45, 7) is 3.19. The molecule has 13 heavy (non-hydrogen) atoms. The van der Waals surface area contributed by atoms with E-state index in [0.29, 0.717) is 6.04 Å². The van der Waals surface area contributed by atoms with E-state index in [9.17, 15) is 0 Å². The number of hydrogen-bond acceptors (Lipinski definition) is 1. The Balaban J connectivity index is 2.56. The van der Waals surface area contributed by atoms with Crippen LogP contribution in [0.4, 0.5) is 0 Å². The molecule has 0 aromatic heterocycles. The van der Waals surface area contributed by atoms with Crippen molar-refractivity contribution in [3.05, 3.63) is 32.8 Å². The van der Waals surface area contributed by atoms with E-state index in [1.54, 1.807) is 0 Å². The van der Waals surface area contributed by atoms with E-state index < -0.39 is 0 Å². The van der Waals surface area contributed by atoms with Crippen molar-refractivity contribution in [2.45, 2.75) is 19.4 Å². The zero-order valence-corrected chi connectivity index (χ0v) is 9.74. The summed E-state index contributed by atoms with van der Waals surface area (Å²) in [5.74, 6) is 0. The van der Waals surface area contributed by atoms with Gasteiger partial charge >= 0.3 is 0 Å². The summed E-state index contributed by atoms with van der Waals surface area (Å²) in [5, 5.41) is 4.30. The predicted octanol–water partition coefficient (Wildman–Crippen LogP) is 3.31. The van der Waals surface area contributed by atoms with Gasteiger partial charge in [0.25, 0.3) is 0 Å². The maximum Gasteiger partial charge on any atom is 0.0453 e. The van der Waals surface area contributed by atoms with Crippen molar-refractivity contribution in [3.8, 4) is 0 Å². The van der Waals surface area contributed by atoms with Crippen LogP contribution in [0.15, 0.2) is 16.6 Å². The fourth-order valence-electron chi connectivity index (χ4n) is 1.80. The monoisotopic (exact) mass is 259 g/mol. The molecule has 0 amide bonds. The van der Waals surface area contributed by atoms with Crippen molar-refractivity contribution in [2.24, 2.45) is 0 Å². The van der Waals surface area contributed by atoms with Gasteiger partial charge in [0.15, 0.2) is 0 Å². The number of benzene rings is 1. The Hall–Kier alpha value is -0.0500. The zero-order chi connectivity index (χ0) is 9.42. The molecule has 0 spiro atoms. The van der Waals surface area contributed by atoms with E-state index in [0.717, 1.165) is 22.5 Å². The van der Waals surface area contributed by atoms with Crippen molar-refractivity contribution >= 4 is 27.5 Å². The van der Waals surface area contributed by atoms with Gasteiger partial charge in [-0.3, -0.25) is 0 Å². The van der Waals surface area contributed by atoms with Gasteiger partial charge in [-0.05, 0) is 43.1 Å². The summed E-state index contributed by atoms with van der Waals surface area (Å²) in [6, 6.07) is 4.54. The number of fused-ring (bicyclic) bond motifs is 1. The van der Waals surface area contributed by atoms with Gasteiger partial charge in [0, 0.05) is 15.5 Å². The average Bonchev–Trinajstić information content (AvgIpc) is 2.07. The lowest BCUT2D eigenvalue weighted by Gasteiger charge is -2.24. The van der Waals surface area contributed by atoms with Gasteiger partial charge in [0.05, 0.1) is 0 Å². The first-order valence-corrected chi connectivity index (χ1v) is 5.57. The molecule has 1 atom stereocenters. The van der Waals surface area contributed by atoms with E-state index in [1.165, 1.54) is 11.1 Å². The quantitative estimate of drug-likeness (QED) is 0.755. The van der Waals surface area contributed by atoms with E-state index >= 15 is 0 Å². The Morgan fingerprint density at radius 2 is 2.31 bits per heavy atom. The van der Waals surface area contributed by atoms with Crippen LogP contribution in [0.3, 0.4) is 0 Å². The SMILES string of the molecule is CC1NCCc2c(Cl)cc(Br)cc21. The van der Waals surface area contributed by atoms with E-state index in [-0.39, 0.29) is 0 Å². The Morgan fingerprint density at radius 1 is 1.54 bits per heavy atom. The summed E-state index contributed by atoms with van der Waals surface area (Å²) in [5.41, 5.74) is 2.63. The van der Waals surface area contributed by atoms with Crippen LogP contribution < -0.4 is 5.32 Å². The summed E-state index contributed by atoms with van der Waals surface area (Å²) in [4.78, 5) is 0. The third-order valence-electron chi connectivity index (χ3n) is 2.49. The highest BCUT2D eigenvalue weighted by molar-refractivity contribution is 9.10. The highest BCUT2D eigenvalue weighted by Gasteiger charge is 2.18. The Kier molecular flexibility index (Phi) is 2.63. The molecular weight excluding hydrogens is 249 g/mol. The highest BCUT2D eigenvalue weighted by atomic mass is 79.9. The van der Waals surface area contributed by atoms with Crippen molar-refractivity contribution in [1.82, 2.24) is 5.32 Å². The largest absolute Gasteiger partial charge is 0.310 e. The van der Waals surface area contributed by atoms with Gasteiger partial charge in [-0.1, -0.05) is 27.5 Å². The van der Waals surface area contributed by atoms with E-state index in [2.05, 4.69) is 34.2 Å². The van der Waals surface area contributed by atoms with Gasteiger partial charge in [0.1, 0.15) is 0 Å². The first-order chi connectivity index (χ1) is 6.18. The topological polar surface area (TPSA) is 12.0 Å². The summed E-state index contributed by atoms with van der Waals surface area (Å²) in [7, 11) is 0. The maximum atomic E-state index is 6.15. The normalized spacial score (nSPS) is 21.3. The molecule has 1 aromatic carbocycles. The molecule has 0 saturated carbocycles.